The maximum absolute atomic E-state index is 12.5. The van der Waals surface area contributed by atoms with Gasteiger partial charge in [-0.3, -0.25) is 0 Å². The van der Waals surface area contributed by atoms with Crippen molar-refractivity contribution in [2.24, 2.45) is 5.41 Å². The van der Waals surface area contributed by atoms with E-state index in [9.17, 15) is 14.7 Å². The highest BCUT2D eigenvalue weighted by atomic mass is 16.5. The lowest BCUT2D eigenvalue weighted by atomic mass is 9.82. The highest BCUT2D eigenvalue weighted by molar-refractivity contribution is 6.02. The summed E-state index contributed by atoms with van der Waals surface area (Å²) in [6.07, 6.45) is 2.18. The zero-order valence-electron chi connectivity index (χ0n) is 16.9. The average molecular weight is 296 g/mol. The lowest BCUT2D eigenvalue weighted by Crippen LogP contribution is -2.32. The Kier molecular flexibility index (Phi) is 4.07. The molecule has 0 fully saturated rings. The third-order valence-corrected chi connectivity index (χ3v) is 3.66. The smallest absolute Gasteiger partial charge is 0.339 e. The Balaban J connectivity index is 3.28. The number of esters is 1. The molecule has 1 aromatic rings. The fourth-order valence-electron chi connectivity index (χ4n) is 1.84. The van der Waals surface area contributed by atoms with E-state index in [-0.39, 0.29) is 5.41 Å². The predicted molar refractivity (Wildman–Crippen MR) is 81.6 cm³/mol. The van der Waals surface area contributed by atoms with Crippen molar-refractivity contribution in [3.05, 3.63) is 35.3 Å². The topological polar surface area (TPSA) is 63.6 Å². The molecule has 0 aliphatic heterocycles. The molecule has 1 unspecified atom stereocenters. The molecule has 4 heteroatoms. The van der Waals surface area contributed by atoms with E-state index in [0.29, 0.717) is 0 Å². The van der Waals surface area contributed by atoms with Crippen LogP contribution in [0.15, 0.2) is 24.2 Å². The Hall–Kier alpha value is -1.84. The van der Waals surface area contributed by atoms with Crippen LogP contribution in [0.2, 0.25) is 0 Å². The van der Waals surface area contributed by atoms with E-state index in [1.165, 1.54) is 0 Å². The van der Waals surface area contributed by atoms with Crippen LogP contribution in [0.3, 0.4) is 0 Å². The molecule has 1 aromatic carbocycles. The van der Waals surface area contributed by atoms with Crippen molar-refractivity contribution in [3.63, 3.8) is 0 Å². The third-order valence-electron chi connectivity index (χ3n) is 3.66. The maximum Gasteiger partial charge on any atom is 0.339 e. The van der Waals surface area contributed by atoms with E-state index in [2.05, 4.69) is 0 Å². The van der Waals surface area contributed by atoms with E-state index < -0.39 is 53.3 Å². The minimum absolute atomic E-state index is 0.347. The Morgan fingerprint density at radius 2 is 1.90 bits per heavy atom. The highest BCUT2D eigenvalue weighted by Gasteiger charge is 2.29. The summed E-state index contributed by atoms with van der Waals surface area (Å²) >= 11 is 0. The Morgan fingerprint density at radius 1 is 1.33 bits per heavy atom. The van der Waals surface area contributed by atoms with Crippen molar-refractivity contribution in [3.8, 4) is 0 Å². The van der Waals surface area contributed by atoms with Crippen LogP contribution in [0.5, 0.6) is 0 Å². The van der Waals surface area contributed by atoms with Crippen LogP contribution in [0.4, 0.5) is 0 Å². The first-order valence-electron chi connectivity index (χ1n) is 9.00. The SMILES string of the molecule is [2H]c1c([2H])c([2H])c(C(=O)OC(C)C(C)(C)CCCC)c(C(=O)O)c1[2H]. The predicted octanol–water partition coefficient (Wildman–Crippen LogP) is 4.15. The zero-order valence-corrected chi connectivity index (χ0v) is 12.9. The molecule has 0 aromatic heterocycles. The standard InChI is InChI=1S/C17H24O4/c1-5-6-11-17(3,4)12(2)21-16(20)14-10-8-7-9-13(14)15(18)19/h7-10,12H,5-6,11H2,1-4H3,(H,18,19)/i7D,8D,9D,10D. The molecular formula is C17H24O4. The van der Waals surface area contributed by atoms with Crippen molar-refractivity contribution in [1.29, 1.82) is 0 Å². The quantitative estimate of drug-likeness (QED) is 0.768. The molecule has 1 N–H and O–H groups in total. The monoisotopic (exact) mass is 296 g/mol. The number of benzene rings is 1. The van der Waals surface area contributed by atoms with Gasteiger partial charge in [-0.15, -0.1) is 0 Å². The first kappa shape index (κ1) is 11.8. The normalized spacial score (nSPS) is 15.4. The van der Waals surface area contributed by atoms with Gasteiger partial charge in [0.1, 0.15) is 6.10 Å². The van der Waals surface area contributed by atoms with Crippen molar-refractivity contribution in [2.45, 2.75) is 53.1 Å². The van der Waals surface area contributed by atoms with Gasteiger partial charge in [0.2, 0.25) is 0 Å². The summed E-state index contributed by atoms with van der Waals surface area (Å²) in [5.41, 5.74) is -1.76. The number of rotatable bonds is 7. The first-order chi connectivity index (χ1) is 11.5. The van der Waals surface area contributed by atoms with Gasteiger partial charge in [0, 0.05) is 5.41 Å². The van der Waals surface area contributed by atoms with Gasteiger partial charge in [-0.25, -0.2) is 9.59 Å². The van der Waals surface area contributed by atoms with Gasteiger partial charge in [-0.2, -0.15) is 0 Å². The lowest BCUT2D eigenvalue weighted by Gasteiger charge is -2.31. The number of carboxylic acids is 1. The summed E-state index contributed by atoms with van der Waals surface area (Å²) in [6, 6.07) is -2.84. The molecule has 0 saturated carbocycles. The molecule has 0 radical (unpaired) electrons. The minimum atomic E-state index is -1.60. The number of unbranched alkanes of at least 4 members (excludes halogenated alkanes) is 1. The van der Waals surface area contributed by atoms with Gasteiger partial charge in [0.15, 0.2) is 0 Å². The molecule has 0 saturated heterocycles. The van der Waals surface area contributed by atoms with Crippen molar-refractivity contribution in [1.82, 2.24) is 0 Å². The second-order valence-corrected chi connectivity index (χ2v) is 5.69. The van der Waals surface area contributed by atoms with Crippen molar-refractivity contribution < 1.29 is 24.9 Å². The number of aromatic carboxylic acids is 1. The Bertz CT molecular complexity index is 686. The summed E-state index contributed by atoms with van der Waals surface area (Å²) in [6.45, 7) is 7.60. The molecule has 1 rings (SSSR count). The number of carboxylic acid groups (broad SMARTS) is 1. The molecular weight excluding hydrogens is 268 g/mol. The summed E-state index contributed by atoms with van der Waals surface area (Å²) in [4.78, 5) is 23.9. The van der Waals surface area contributed by atoms with Crippen LogP contribution in [-0.4, -0.2) is 23.1 Å². The van der Waals surface area contributed by atoms with Crippen LogP contribution in [-0.2, 0) is 4.74 Å². The van der Waals surface area contributed by atoms with Gasteiger partial charge in [-0.05, 0) is 25.4 Å². The number of carbonyl (C=O) groups excluding carboxylic acids is 1. The van der Waals surface area contributed by atoms with Gasteiger partial charge < -0.3 is 9.84 Å². The molecule has 1 atom stereocenters. The van der Waals surface area contributed by atoms with Gasteiger partial charge in [0.05, 0.1) is 16.6 Å². The fraction of sp³-hybridized carbons (Fsp3) is 0.529. The molecule has 0 spiro atoms. The van der Waals surface area contributed by atoms with Crippen LogP contribution in [0.25, 0.3) is 0 Å². The molecule has 0 amide bonds. The molecule has 116 valence electrons. The summed E-state index contributed by atoms with van der Waals surface area (Å²) in [5.74, 6) is -2.65. The van der Waals surface area contributed by atoms with Crippen LogP contribution < -0.4 is 0 Å². The Labute approximate surface area is 131 Å². The second-order valence-electron chi connectivity index (χ2n) is 5.69. The van der Waals surface area contributed by atoms with Crippen LogP contribution >= 0.6 is 0 Å². The lowest BCUT2D eigenvalue weighted by molar-refractivity contribution is -0.00335. The number of ether oxygens (including phenoxy) is 1. The first-order valence-corrected chi connectivity index (χ1v) is 7.00. The summed E-state index contributed by atoms with van der Waals surface area (Å²) in [5, 5.41) is 9.29. The number of carbonyl (C=O) groups is 2. The van der Waals surface area contributed by atoms with E-state index in [4.69, 9.17) is 10.2 Å². The number of hydrogen-bond acceptors (Lipinski definition) is 3. The van der Waals surface area contributed by atoms with E-state index in [0.717, 1.165) is 19.3 Å². The second kappa shape index (κ2) is 7.25. The molecule has 4 nitrogen and oxygen atoms in total. The number of hydrogen-bond donors (Lipinski definition) is 1. The largest absolute Gasteiger partial charge is 0.478 e. The molecule has 0 bridgehead atoms. The average Bonchev–Trinajstić information content (AvgIpc) is 2.53. The molecule has 0 heterocycles. The van der Waals surface area contributed by atoms with E-state index in [1.54, 1.807) is 6.92 Å². The van der Waals surface area contributed by atoms with Crippen LogP contribution in [0.1, 0.15) is 73.2 Å². The van der Waals surface area contributed by atoms with Crippen molar-refractivity contribution >= 4 is 11.9 Å². The molecule has 0 aliphatic carbocycles. The van der Waals surface area contributed by atoms with Gasteiger partial charge in [0.25, 0.3) is 0 Å². The van der Waals surface area contributed by atoms with Crippen molar-refractivity contribution in [2.75, 3.05) is 0 Å². The van der Waals surface area contributed by atoms with Gasteiger partial charge in [-0.1, -0.05) is 45.7 Å². The van der Waals surface area contributed by atoms with Gasteiger partial charge >= 0.3 is 11.9 Å². The highest BCUT2D eigenvalue weighted by Crippen LogP contribution is 2.30. The fourth-order valence-corrected chi connectivity index (χ4v) is 1.84. The maximum atomic E-state index is 12.5. The summed E-state index contributed by atoms with van der Waals surface area (Å²) in [7, 11) is 0. The Morgan fingerprint density at radius 3 is 2.43 bits per heavy atom. The summed E-state index contributed by atoms with van der Waals surface area (Å²) < 4.78 is 36.2. The zero-order chi connectivity index (χ0) is 19.5. The third kappa shape index (κ3) is 4.59. The molecule has 0 aliphatic rings. The van der Waals surface area contributed by atoms with Crippen LogP contribution in [0, 0.1) is 5.41 Å². The molecule has 21 heavy (non-hydrogen) atoms. The van der Waals surface area contributed by atoms with E-state index >= 15 is 0 Å². The minimum Gasteiger partial charge on any atom is -0.478 e. The van der Waals surface area contributed by atoms with E-state index in [1.807, 2.05) is 20.8 Å².